The van der Waals surface area contributed by atoms with Crippen LogP contribution in [0.3, 0.4) is 0 Å². The Morgan fingerprint density at radius 2 is 1.51 bits per heavy atom. The molecule has 1 atom stereocenters. The van der Waals surface area contributed by atoms with E-state index in [0.29, 0.717) is 41.4 Å². The first-order valence-electron chi connectivity index (χ1n) is 12.4. The van der Waals surface area contributed by atoms with Gasteiger partial charge in [0.2, 0.25) is 0 Å². The van der Waals surface area contributed by atoms with E-state index in [1.807, 2.05) is 31.3 Å². The molecule has 0 aliphatic heterocycles. The number of ether oxygens (including phenoxy) is 5. The van der Waals surface area contributed by atoms with Crippen LogP contribution >= 0.6 is 0 Å². The maximum Gasteiger partial charge on any atom is 0.338 e. The van der Waals surface area contributed by atoms with Crippen LogP contribution in [0.25, 0.3) is 0 Å². The highest BCUT2D eigenvalue weighted by molar-refractivity contribution is 5.92. The fourth-order valence-electron chi connectivity index (χ4n) is 4.61. The predicted octanol–water partition coefficient (Wildman–Crippen LogP) is 4.88. The van der Waals surface area contributed by atoms with Gasteiger partial charge in [-0.1, -0.05) is 19.9 Å². The number of nitrogens with zero attached hydrogens (tertiary/aromatic N) is 2. The zero-order valence-electron chi connectivity index (χ0n) is 23.3. The highest BCUT2D eigenvalue weighted by atomic mass is 16.5. The number of methoxy groups -OCH3 is 5. The summed E-state index contributed by atoms with van der Waals surface area (Å²) in [7, 11) is 9.71. The van der Waals surface area contributed by atoms with Crippen molar-refractivity contribution in [3.63, 3.8) is 0 Å². The molecule has 8 nitrogen and oxygen atoms in total. The van der Waals surface area contributed by atoms with Crippen molar-refractivity contribution in [2.45, 2.75) is 38.5 Å². The van der Waals surface area contributed by atoms with E-state index in [1.165, 1.54) is 14.2 Å². The summed E-state index contributed by atoms with van der Waals surface area (Å²) in [5, 5.41) is 10.3. The van der Waals surface area contributed by atoms with Crippen LogP contribution < -0.4 is 18.9 Å². The van der Waals surface area contributed by atoms with Gasteiger partial charge in [0.05, 0.1) is 52.6 Å². The van der Waals surface area contributed by atoms with E-state index in [2.05, 4.69) is 24.8 Å². The van der Waals surface area contributed by atoms with Crippen molar-refractivity contribution in [3.8, 4) is 29.1 Å². The molecule has 1 unspecified atom stereocenters. The van der Waals surface area contributed by atoms with Gasteiger partial charge in [0.15, 0.2) is 23.0 Å². The molecule has 0 aliphatic rings. The number of carbonyl (C=O) groups is 1. The van der Waals surface area contributed by atoms with E-state index in [4.69, 9.17) is 23.7 Å². The second kappa shape index (κ2) is 13.8. The zero-order valence-corrected chi connectivity index (χ0v) is 23.3. The fourth-order valence-corrected chi connectivity index (χ4v) is 4.61. The summed E-state index contributed by atoms with van der Waals surface area (Å²) >= 11 is 0. The van der Waals surface area contributed by atoms with Crippen LogP contribution in [0, 0.1) is 17.2 Å². The number of rotatable bonds is 14. The highest BCUT2D eigenvalue weighted by Crippen LogP contribution is 2.40. The lowest BCUT2D eigenvalue weighted by Gasteiger charge is -2.32. The predicted molar refractivity (Wildman–Crippen MR) is 143 cm³/mol. The Kier molecular flexibility index (Phi) is 11.1. The lowest BCUT2D eigenvalue weighted by Crippen LogP contribution is -2.32. The molecule has 0 fully saturated rings. The molecular weight excluding hydrogens is 472 g/mol. The molecule has 0 radical (unpaired) electrons. The number of carbonyl (C=O) groups excluding carboxylic acids is 1. The monoisotopic (exact) mass is 512 g/mol. The maximum atomic E-state index is 12.4. The van der Waals surface area contributed by atoms with Crippen molar-refractivity contribution < 1.29 is 28.5 Å². The van der Waals surface area contributed by atoms with Crippen molar-refractivity contribution >= 4 is 5.97 Å². The lowest BCUT2D eigenvalue weighted by molar-refractivity contribution is 0.0599. The van der Waals surface area contributed by atoms with Crippen LogP contribution in [0.2, 0.25) is 0 Å². The number of likely N-dealkylation sites (N-methyl/N-ethyl adjacent to an activating group) is 1. The van der Waals surface area contributed by atoms with Crippen molar-refractivity contribution in [1.29, 1.82) is 5.26 Å². The first-order chi connectivity index (χ1) is 17.7. The third kappa shape index (κ3) is 6.86. The molecule has 0 bridgehead atoms. The largest absolute Gasteiger partial charge is 0.493 e. The number of nitriles is 1. The van der Waals surface area contributed by atoms with Crippen LogP contribution in [-0.2, 0) is 16.6 Å². The minimum Gasteiger partial charge on any atom is -0.493 e. The lowest BCUT2D eigenvalue weighted by atomic mass is 9.69. The first kappa shape index (κ1) is 29.8. The summed E-state index contributed by atoms with van der Waals surface area (Å²) in [5.41, 5.74) is 1.57. The van der Waals surface area contributed by atoms with Crippen molar-refractivity contribution in [1.82, 2.24) is 4.90 Å². The van der Waals surface area contributed by atoms with Crippen LogP contribution in [0.1, 0.15) is 48.2 Å². The van der Waals surface area contributed by atoms with Gasteiger partial charge in [-0.2, -0.15) is 5.26 Å². The van der Waals surface area contributed by atoms with E-state index < -0.39 is 11.4 Å². The van der Waals surface area contributed by atoms with E-state index >= 15 is 0 Å². The van der Waals surface area contributed by atoms with E-state index in [-0.39, 0.29) is 5.92 Å². The van der Waals surface area contributed by atoms with Crippen LogP contribution in [0.5, 0.6) is 23.0 Å². The second-order valence-electron chi connectivity index (χ2n) is 9.32. The Labute approximate surface area is 221 Å². The average Bonchev–Trinajstić information content (AvgIpc) is 2.92. The maximum absolute atomic E-state index is 12.4. The van der Waals surface area contributed by atoms with Gasteiger partial charge in [-0.05, 0) is 74.2 Å². The summed E-state index contributed by atoms with van der Waals surface area (Å²) in [6.07, 6.45) is 2.15. The minimum absolute atomic E-state index is 0.107. The van der Waals surface area contributed by atoms with Gasteiger partial charge in [0, 0.05) is 6.54 Å². The molecule has 0 aromatic heterocycles. The zero-order chi connectivity index (χ0) is 27.6. The average molecular weight is 513 g/mol. The number of esters is 1. The van der Waals surface area contributed by atoms with Gasteiger partial charge < -0.3 is 28.6 Å². The first-order valence-corrected chi connectivity index (χ1v) is 12.4. The third-order valence-electron chi connectivity index (χ3n) is 6.97. The second-order valence-corrected chi connectivity index (χ2v) is 9.32. The quantitative estimate of drug-likeness (QED) is 0.331. The number of benzene rings is 2. The van der Waals surface area contributed by atoms with E-state index in [0.717, 1.165) is 30.6 Å². The molecule has 2 aromatic rings. The summed E-state index contributed by atoms with van der Waals surface area (Å²) in [5.74, 6) is 2.01. The molecule has 2 rings (SSSR count). The molecular formula is C29H40N2O6. The van der Waals surface area contributed by atoms with Gasteiger partial charge in [-0.15, -0.1) is 0 Å². The van der Waals surface area contributed by atoms with Crippen molar-refractivity contribution in [2.24, 2.45) is 5.92 Å². The summed E-state index contributed by atoms with van der Waals surface area (Å²) in [6.45, 7) is 5.67. The van der Waals surface area contributed by atoms with Crippen LogP contribution in [-0.4, -0.2) is 66.6 Å². The topological polar surface area (TPSA) is 90.3 Å². The van der Waals surface area contributed by atoms with Crippen LogP contribution in [0.15, 0.2) is 30.3 Å². The normalized spacial score (nSPS) is 12.6. The number of hydrogen-bond donors (Lipinski definition) is 0. The Hall–Kier alpha value is -3.44. The standard InChI is InChI=1S/C29H40N2O6/c1-20(2)29(19-30,22-10-11-24(33-4)26(17-22)35-6)13-9-14-31(3)15-12-21-16-25(34-5)27(36-7)18-23(21)28(32)37-8/h10-11,16-18,20H,9,12-15H2,1-8H3. The van der Waals surface area contributed by atoms with Crippen LogP contribution in [0.4, 0.5) is 0 Å². The number of hydrogen-bond acceptors (Lipinski definition) is 8. The minimum atomic E-state index is -0.651. The summed E-state index contributed by atoms with van der Waals surface area (Å²) < 4.78 is 26.6. The Bertz CT molecular complexity index is 1090. The Morgan fingerprint density at radius 1 is 0.919 bits per heavy atom. The highest BCUT2D eigenvalue weighted by Gasteiger charge is 2.36. The van der Waals surface area contributed by atoms with Gasteiger partial charge in [-0.3, -0.25) is 0 Å². The smallest absolute Gasteiger partial charge is 0.338 e. The molecule has 0 saturated carbocycles. The molecule has 8 heteroatoms. The van der Waals surface area contributed by atoms with E-state index in [9.17, 15) is 10.1 Å². The summed E-state index contributed by atoms with van der Waals surface area (Å²) in [4.78, 5) is 14.6. The fraction of sp³-hybridized carbons (Fsp3) is 0.517. The van der Waals surface area contributed by atoms with Gasteiger partial charge in [0.25, 0.3) is 0 Å². The Morgan fingerprint density at radius 3 is 2.05 bits per heavy atom. The van der Waals surface area contributed by atoms with Gasteiger partial charge in [0.1, 0.15) is 0 Å². The molecule has 0 N–H and O–H groups in total. The van der Waals surface area contributed by atoms with Crippen molar-refractivity contribution in [3.05, 3.63) is 47.0 Å². The van der Waals surface area contributed by atoms with Crippen molar-refractivity contribution in [2.75, 3.05) is 55.7 Å². The molecule has 0 amide bonds. The molecule has 202 valence electrons. The molecule has 2 aromatic carbocycles. The molecule has 0 spiro atoms. The van der Waals surface area contributed by atoms with Gasteiger partial charge >= 0.3 is 5.97 Å². The molecule has 0 saturated heterocycles. The molecule has 0 aliphatic carbocycles. The Balaban J connectivity index is 2.13. The summed E-state index contributed by atoms with van der Waals surface area (Å²) in [6, 6.07) is 11.8. The third-order valence-corrected chi connectivity index (χ3v) is 6.97. The molecule has 37 heavy (non-hydrogen) atoms. The SMILES string of the molecule is COC(=O)c1cc(OC)c(OC)cc1CCN(C)CCCC(C#N)(c1ccc(OC)c(OC)c1)C(C)C. The molecule has 0 heterocycles. The van der Waals surface area contributed by atoms with Gasteiger partial charge in [-0.25, -0.2) is 4.79 Å². The van der Waals surface area contributed by atoms with E-state index in [1.54, 1.807) is 27.4 Å².